The van der Waals surface area contributed by atoms with Gasteiger partial charge in [-0.1, -0.05) is 23.9 Å². The van der Waals surface area contributed by atoms with E-state index in [0.717, 1.165) is 23.5 Å². The van der Waals surface area contributed by atoms with Crippen molar-refractivity contribution >= 4 is 65.0 Å². The van der Waals surface area contributed by atoms with Crippen molar-refractivity contribution in [1.82, 2.24) is 9.71 Å². The molecule has 2 unspecified atom stereocenters. The van der Waals surface area contributed by atoms with Gasteiger partial charge >= 0.3 is 5.97 Å². The fraction of sp³-hybridized carbons (Fsp3) is 0.316. The molecule has 1 aromatic carbocycles. The molecule has 0 spiro atoms. The van der Waals surface area contributed by atoms with Crippen LogP contribution < -0.4 is 9.86 Å². The summed E-state index contributed by atoms with van der Waals surface area (Å²) in [4.78, 5) is 20.4. The number of aliphatic hydroxyl groups is 1. The molecule has 0 radical (unpaired) electrons. The molecule has 1 aliphatic carbocycles. The van der Waals surface area contributed by atoms with Gasteiger partial charge in [0.25, 0.3) is 30.2 Å². The number of hydrogen-bond acceptors (Lipinski definition) is 11. The molecule has 34 heavy (non-hydrogen) atoms. The Balaban J connectivity index is 1.70. The van der Waals surface area contributed by atoms with Gasteiger partial charge in [-0.05, 0) is 45.1 Å². The smallest absolute Gasteiger partial charge is 0.314 e. The number of hydrogen-bond donors (Lipinski definition) is 3. The van der Waals surface area contributed by atoms with Crippen molar-refractivity contribution in [3.8, 4) is 0 Å². The van der Waals surface area contributed by atoms with Crippen LogP contribution in [0.4, 0.5) is 0 Å². The minimum atomic E-state index is -4.68. The molecular formula is C19H20N4O7S4. The molecule has 2 aliphatic rings. The van der Waals surface area contributed by atoms with Crippen molar-refractivity contribution in [1.29, 1.82) is 0 Å². The Morgan fingerprint density at radius 3 is 2.50 bits per heavy atom. The van der Waals surface area contributed by atoms with Crippen LogP contribution in [-0.4, -0.2) is 48.7 Å². The average Bonchev–Trinajstić information content (AvgIpc) is 3.28. The van der Waals surface area contributed by atoms with Gasteiger partial charge in [0.15, 0.2) is 0 Å². The summed E-state index contributed by atoms with van der Waals surface area (Å²) in [6, 6.07) is 6.70. The third-order valence-corrected chi connectivity index (χ3v) is 10.6. The number of allylic oxidation sites excluding steroid dienone is 2. The Kier molecular flexibility index (Phi) is 5.83. The number of primary sulfonamides is 1. The number of benzene rings is 1. The molecule has 0 bridgehead atoms. The molecule has 0 saturated heterocycles. The van der Waals surface area contributed by atoms with Crippen molar-refractivity contribution in [2.75, 3.05) is 0 Å². The highest BCUT2D eigenvalue weighted by Crippen LogP contribution is 2.46. The van der Waals surface area contributed by atoms with Crippen LogP contribution in [0.1, 0.15) is 20.8 Å². The number of nitrogens with one attached hydrogen (secondary N) is 1. The summed E-state index contributed by atoms with van der Waals surface area (Å²) < 4.78 is 56.1. The molecule has 1 aromatic heterocycles. The molecule has 2 heterocycles. The topological polar surface area (TPSA) is 178 Å². The van der Waals surface area contributed by atoms with Crippen LogP contribution in [-0.2, 0) is 29.6 Å². The third-order valence-electron chi connectivity index (χ3n) is 4.61. The van der Waals surface area contributed by atoms with Crippen molar-refractivity contribution in [3.05, 3.63) is 47.4 Å². The lowest BCUT2D eigenvalue weighted by Crippen LogP contribution is -2.52. The lowest BCUT2D eigenvalue weighted by atomic mass is 9.97. The number of aliphatic imine (C=N–C) groups is 1. The van der Waals surface area contributed by atoms with Gasteiger partial charge in [-0.15, -0.1) is 11.3 Å². The summed E-state index contributed by atoms with van der Waals surface area (Å²) in [5.41, 5.74) is -0.466. The summed E-state index contributed by atoms with van der Waals surface area (Å²) in [5, 5.41) is 16.1. The van der Waals surface area contributed by atoms with Crippen LogP contribution in [0.15, 0.2) is 56.7 Å². The summed E-state index contributed by atoms with van der Waals surface area (Å²) in [6.07, 6.45) is 3.39. The molecule has 182 valence electrons. The van der Waals surface area contributed by atoms with Gasteiger partial charge < -0.3 is 9.84 Å². The predicted molar refractivity (Wildman–Crippen MR) is 129 cm³/mol. The quantitative estimate of drug-likeness (QED) is 0.370. The van der Waals surface area contributed by atoms with Gasteiger partial charge in [0.2, 0.25) is 4.34 Å². The van der Waals surface area contributed by atoms with Crippen molar-refractivity contribution in [2.45, 2.75) is 35.2 Å². The Morgan fingerprint density at radius 1 is 1.21 bits per heavy atom. The number of aromatic nitrogens is 1. The van der Waals surface area contributed by atoms with Gasteiger partial charge in [0.1, 0.15) is 0 Å². The Hall–Kier alpha value is -2.14. The number of esters is 1. The zero-order valence-electron chi connectivity index (χ0n) is 18.0. The predicted octanol–water partition coefficient (Wildman–Crippen LogP) is 1.39. The van der Waals surface area contributed by atoms with Gasteiger partial charge in [-0.3, -0.25) is 4.79 Å². The summed E-state index contributed by atoms with van der Waals surface area (Å²) in [5.74, 6) is -2.90. The molecule has 11 nitrogen and oxygen atoms in total. The molecule has 2 atom stereocenters. The van der Waals surface area contributed by atoms with Gasteiger partial charge in [-0.25, -0.2) is 32.0 Å². The second-order valence-electron chi connectivity index (χ2n) is 8.51. The van der Waals surface area contributed by atoms with E-state index in [1.165, 1.54) is 6.08 Å². The van der Waals surface area contributed by atoms with Crippen molar-refractivity contribution in [2.24, 2.45) is 15.5 Å². The molecule has 0 saturated carbocycles. The van der Waals surface area contributed by atoms with E-state index in [1.807, 2.05) is 0 Å². The van der Waals surface area contributed by atoms with E-state index in [-0.39, 0.29) is 15.0 Å². The highest BCUT2D eigenvalue weighted by molar-refractivity contribution is 8.17. The Morgan fingerprint density at radius 2 is 1.88 bits per heavy atom. The second-order valence-corrected chi connectivity index (χ2v) is 14.6. The van der Waals surface area contributed by atoms with E-state index in [0.29, 0.717) is 22.0 Å². The van der Waals surface area contributed by atoms with Crippen LogP contribution in [0.3, 0.4) is 0 Å². The molecular weight excluding hydrogens is 524 g/mol. The van der Waals surface area contributed by atoms with E-state index in [2.05, 4.69) is 14.7 Å². The minimum Gasteiger partial charge on any atom is -0.425 e. The number of carbonyl (C=O) groups excluding carboxylic acids is 1. The van der Waals surface area contributed by atoms with Crippen LogP contribution >= 0.6 is 23.1 Å². The largest absolute Gasteiger partial charge is 0.425 e. The number of sulfonamides is 2. The van der Waals surface area contributed by atoms with Crippen LogP contribution in [0.5, 0.6) is 0 Å². The molecule has 4 rings (SSSR count). The molecule has 15 heteroatoms. The SMILES string of the molecule is CC(C)(C)C(=O)OC1(O)C=CC2=NC(NS(=O)(=O)c3nc4ccccc4s3)(S(N)(=O)=O)SC2=C1. The maximum Gasteiger partial charge on any atom is 0.314 e. The highest BCUT2D eigenvalue weighted by atomic mass is 32.3. The summed E-state index contributed by atoms with van der Waals surface area (Å²) >= 11 is 1.29. The maximum absolute atomic E-state index is 13.1. The van der Waals surface area contributed by atoms with E-state index < -0.39 is 41.5 Å². The molecule has 2 aromatic rings. The number of nitrogens with zero attached hydrogens (tertiary/aromatic N) is 2. The molecule has 4 N–H and O–H groups in total. The number of nitrogens with two attached hydrogens (primary N) is 1. The monoisotopic (exact) mass is 544 g/mol. The minimum absolute atomic E-state index is 0.0301. The van der Waals surface area contributed by atoms with Gasteiger partial charge in [0.05, 0.1) is 21.3 Å². The number of rotatable bonds is 5. The van der Waals surface area contributed by atoms with Crippen molar-refractivity contribution < 1.29 is 31.5 Å². The number of para-hydroxylation sites is 1. The normalized spacial score (nSPS) is 25.1. The van der Waals surface area contributed by atoms with E-state index in [9.17, 15) is 26.7 Å². The first-order valence-electron chi connectivity index (χ1n) is 9.63. The molecule has 0 amide bonds. The average molecular weight is 545 g/mol. The van der Waals surface area contributed by atoms with Gasteiger partial charge in [-0.2, -0.15) is 4.72 Å². The van der Waals surface area contributed by atoms with Crippen molar-refractivity contribution in [3.63, 3.8) is 0 Å². The first kappa shape index (κ1) is 25.0. The van der Waals surface area contributed by atoms with E-state index in [4.69, 9.17) is 9.88 Å². The fourth-order valence-corrected chi connectivity index (χ4v) is 8.22. The fourth-order valence-electron chi connectivity index (χ4n) is 2.86. The third kappa shape index (κ3) is 4.56. The van der Waals surface area contributed by atoms with Crippen LogP contribution in [0, 0.1) is 5.41 Å². The first-order valence-corrected chi connectivity index (χ1v) is 14.3. The first-order chi connectivity index (χ1) is 15.5. The molecule has 1 aliphatic heterocycles. The highest BCUT2D eigenvalue weighted by Gasteiger charge is 2.53. The van der Waals surface area contributed by atoms with Gasteiger partial charge in [0, 0.05) is 11.0 Å². The van der Waals surface area contributed by atoms with E-state index >= 15 is 0 Å². The standard InChI is InChI=1S/C19H20N4O7S4/c1-17(2,3)15(24)30-18(25)9-8-12-14(10-18)32-19(22-12,34(20,28)29)23-33(26,27)16-21-11-6-4-5-7-13(11)31-16/h4-10,23,25H,1-3H3,(H2,20,28,29). The Bertz CT molecular complexity index is 1470. The lowest BCUT2D eigenvalue weighted by molar-refractivity contribution is -0.186. The Labute approximate surface area is 203 Å². The number of ether oxygens (including phenoxy) is 1. The maximum atomic E-state index is 13.1. The summed E-state index contributed by atoms with van der Waals surface area (Å²) in [7, 11) is -9.17. The number of fused-ring (bicyclic) bond motifs is 2. The summed E-state index contributed by atoms with van der Waals surface area (Å²) in [6.45, 7) is 4.79. The number of thioether (sulfide) groups is 1. The lowest BCUT2D eigenvalue weighted by Gasteiger charge is -2.28. The zero-order chi connectivity index (χ0) is 25.2. The van der Waals surface area contributed by atoms with Crippen LogP contribution in [0.2, 0.25) is 0 Å². The zero-order valence-corrected chi connectivity index (χ0v) is 21.3. The van der Waals surface area contributed by atoms with Crippen LogP contribution in [0.25, 0.3) is 10.2 Å². The number of thiazole rings is 1. The number of carbonyl (C=O) groups is 1. The van der Waals surface area contributed by atoms with E-state index in [1.54, 1.807) is 45.0 Å². The molecule has 0 fully saturated rings. The second kappa shape index (κ2) is 7.94.